The van der Waals surface area contributed by atoms with Crippen LogP contribution in [0.1, 0.15) is 37.7 Å². The monoisotopic (exact) mass is 351 g/mol. The molecule has 0 spiro atoms. The third kappa shape index (κ3) is 7.21. The van der Waals surface area contributed by atoms with E-state index in [1.54, 1.807) is 6.26 Å². The Morgan fingerprint density at radius 3 is 2.73 bits per heavy atom. The number of rotatable bonds is 7. The molecule has 0 saturated heterocycles. The van der Waals surface area contributed by atoms with Gasteiger partial charge in [-0.15, -0.1) is 0 Å². The highest BCUT2D eigenvalue weighted by molar-refractivity contribution is 5.29. The van der Waals surface area contributed by atoms with Crippen LogP contribution in [-0.2, 0) is 13.2 Å². The van der Waals surface area contributed by atoms with Crippen LogP contribution in [0, 0.1) is 24.2 Å². The van der Waals surface area contributed by atoms with Gasteiger partial charge in [-0.25, -0.2) is 0 Å². The Labute approximate surface area is 157 Å². The fourth-order valence-corrected chi connectivity index (χ4v) is 2.38. The quantitative estimate of drug-likeness (QED) is 0.641. The van der Waals surface area contributed by atoms with Crippen LogP contribution in [0.25, 0.3) is 0 Å². The topological polar surface area (TPSA) is 25.6 Å². The Morgan fingerprint density at radius 2 is 2.04 bits per heavy atom. The summed E-state index contributed by atoms with van der Waals surface area (Å²) in [5, 5.41) is 0. The summed E-state index contributed by atoms with van der Waals surface area (Å²) in [4.78, 5) is 2.24. The molecular weight excluding hydrogens is 322 g/mol. The lowest BCUT2D eigenvalue weighted by atomic mass is 9.98. The molecule has 2 rings (SSSR count). The first-order chi connectivity index (χ1) is 12.3. The van der Waals surface area contributed by atoms with Crippen LogP contribution in [0.3, 0.4) is 0 Å². The lowest BCUT2D eigenvalue weighted by Gasteiger charge is -2.15. The minimum Gasteiger partial charge on any atom is -0.489 e. The Kier molecular flexibility index (Phi) is 7.12. The van der Waals surface area contributed by atoms with Crippen molar-refractivity contribution in [1.29, 1.82) is 0 Å². The molecule has 0 fully saturated rings. The number of allylic oxidation sites excluding steroid dienone is 1. The van der Waals surface area contributed by atoms with E-state index in [1.807, 2.05) is 31.2 Å². The Bertz CT molecular complexity index is 784. The van der Waals surface area contributed by atoms with E-state index in [9.17, 15) is 0 Å². The van der Waals surface area contributed by atoms with E-state index in [2.05, 4.69) is 62.8 Å². The maximum absolute atomic E-state index is 5.89. The molecule has 0 radical (unpaired) electrons. The number of hydrogen-bond acceptors (Lipinski definition) is 3. The first kappa shape index (κ1) is 19.9. The lowest BCUT2D eigenvalue weighted by molar-refractivity contribution is 0.301. The van der Waals surface area contributed by atoms with Crippen molar-refractivity contribution in [2.45, 2.75) is 40.8 Å². The first-order valence-electron chi connectivity index (χ1n) is 8.94. The fourth-order valence-electron chi connectivity index (χ4n) is 2.38. The molecule has 3 nitrogen and oxygen atoms in total. The summed E-state index contributed by atoms with van der Waals surface area (Å²) >= 11 is 0. The highest BCUT2D eigenvalue weighted by Crippen LogP contribution is 2.18. The highest BCUT2D eigenvalue weighted by Gasteiger charge is 2.04. The summed E-state index contributed by atoms with van der Waals surface area (Å²) in [6.45, 7) is 10.5. The van der Waals surface area contributed by atoms with E-state index in [4.69, 9.17) is 9.15 Å². The van der Waals surface area contributed by atoms with E-state index < -0.39 is 0 Å². The maximum Gasteiger partial charge on any atom is 0.120 e. The molecule has 0 atom stereocenters. The van der Waals surface area contributed by atoms with Crippen molar-refractivity contribution in [2.75, 3.05) is 13.6 Å². The molecule has 0 bridgehead atoms. The number of ether oxygens (including phenoxy) is 1. The number of likely N-dealkylation sites (N-methyl/N-ethyl adjacent to an activating group) is 1. The van der Waals surface area contributed by atoms with Crippen LogP contribution in [0.15, 0.2) is 53.2 Å². The summed E-state index contributed by atoms with van der Waals surface area (Å²) < 4.78 is 11.2. The molecule has 0 aliphatic rings. The standard InChI is InChI=1S/C23H29NO2/c1-19-21(12-15-25-19)18-26-22-11-9-10-20(16-22)17-24(5)14-8-6-7-13-23(2,3)4/h6,8-12,15-16H,14,17-18H2,1-5H3/b8-6+. The zero-order chi connectivity index (χ0) is 19.0. The molecule has 26 heavy (non-hydrogen) atoms. The van der Waals surface area contributed by atoms with Crippen molar-refractivity contribution < 1.29 is 9.15 Å². The number of furan rings is 1. The van der Waals surface area contributed by atoms with Gasteiger partial charge in [0.15, 0.2) is 0 Å². The van der Waals surface area contributed by atoms with Crippen LogP contribution in [0.4, 0.5) is 0 Å². The van der Waals surface area contributed by atoms with Gasteiger partial charge in [0.05, 0.1) is 6.26 Å². The largest absolute Gasteiger partial charge is 0.489 e. The van der Waals surface area contributed by atoms with E-state index in [-0.39, 0.29) is 5.41 Å². The van der Waals surface area contributed by atoms with Gasteiger partial charge in [-0.05, 0) is 64.6 Å². The second-order valence-corrected chi connectivity index (χ2v) is 7.56. The van der Waals surface area contributed by atoms with Crippen LogP contribution >= 0.6 is 0 Å². The maximum atomic E-state index is 5.89. The molecule has 3 heteroatoms. The van der Waals surface area contributed by atoms with Crippen molar-refractivity contribution in [3.05, 3.63) is 65.6 Å². The molecule has 0 saturated carbocycles. The number of aryl methyl sites for hydroxylation is 1. The molecule has 0 aliphatic carbocycles. The summed E-state index contributed by atoms with van der Waals surface area (Å²) in [6, 6.07) is 10.2. The van der Waals surface area contributed by atoms with Crippen molar-refractivity contribution in [3.63, 3.8) is 0 Å². The van der Waals surface area contributed by atoms with Gasteiger partial charge in [0.1, 0.15) is 18.1 Å². The lowest BCUT2D eigenvalue weighted by Crippen LogP contribution is -2.17. The average molecular weight is 351 g/mol. The van der Waals surface area contributed by atoms with Crippen molar-refractivity contribution in [1.82, 2.24) is 4.90 Å². The molecule has 0 aliphatic heterocycles. The fraction of sp³-hybridized carbons (Fsp3) is 0.391. The summed E-state index contributed by atoms with van der Waals surface area (Å²) in [7, 11) is 2.10. The minimum atomic E-state index is 0.0473. The van der Waals surface area contributed by atoms with Gasteiger partial charge in [-0.2, -0.15) is 0 Å². The smallest absolute Gasteiger partial charge is 0.120 e. The number of nitrogens with zero attached hydrogens (tertiary/aromatic N) is 1. The normalized spacial score (nSPS) is 11.6. The number of benzene rings is 1. The molecule has 2 aromatic rings. The van der Waals surface area contributed by atoms with Gasteiger partial charge in [0.25, 0.3) is 0 Å². The molecule has 0 amide bonds. The SMILES string of the molecule is Cc1occc1COc1cccc(CN(C)C/C=C/C#CC(C)(C)C)c1. The zero-order valence-electron chi connectivity index (χ0n) is 16.5. The van der Waals surface area contributed by atoms with Crippen LogP contribution in [0.2, 0.25) is 0 Å². The summed E-state index contributed by atoms with van der Waals surface area (Å²) in [5.41, 5.74) is 2.35. The van der Waals surface area contributed by atoms with E-state index in [0.717, 1.165) is 30.2 Å². The van der Waals surface area contributed by atoms with Crippen molar-refractivity contribution in [2.24, 2.45) is 5.41 Å². The van der Waals surface area contributed by atoms with Gasteiger partial charge in [0, 0.05) is 24.1 Å². The van der Waals surface area contributed by atoms with E-state index >= 15 is 0 Å². The van der Waals surface area contributed by atoms with Crippen LogP contribution < -0.4 is 4.74 Å². The molecule has 138 valence electrons. The summed E-state index contributed by atoms with van der Waals surface area (Å²) in [5.74, 6) is 8.09. The van der Waals surface area contributed by atoms with Gasteiger partial charge in [-0.1, -0.05) is 30.0 Å². The highest BCUT2D eigenvalue weighted by atomic mass is 16.5. The molecule has 1 heterocycles. The predicted molar refractivity (Wildman–Crippen MR) is 107 cm³/mol. The van der Waals surface area contributed by atoms with E-state index in [0.29, 0.717) is 6.61 Å². The minimum absolute atomic E-state index is 0.0473. The third-order valence-corrected chi connectivity index (χ3v) is 3.78. The van der Waals surface area contributed by atoms with Gasteiger partial charge >= 0.3 is 0 Å². The Morgan fingerprint density at radius 1 is 1.23 bits per heavy atom. The van der Waals surface area contributed by atoms with Gasteiger partial charge in [-0.3, -0.25) is 4.90 Å². The third-order valence-electron chi connectivity index (χ3n) is 3.78. The van der Waals surface area contributed by atoms with Crippen LogP contribution in [0.5, 0.6) is 5.75 Å². The first-order valence-corrected chi connectivity index (χ1v) is 8.94. The van der Waals surface area contributed by atoms with Gasteiger partial charge < -0.3 is 9.15 Å². The zero-order valence-corrected chi connectivity index (χ0v) is 16.5. The van der Waals surface area contributed by atoms with Crippen LogP contribution in [-0.4, -0.2) is 18.5 Å². The van der Waals surface area contributed by atoms with Gasteiger partial charge in [0.2, 0.25) is 0 Å². The second-order valence-electron chi connectivity index (χ2n) is 7.56. The number of hydrogen-bond donors (Lipinski definition) is 0. The second kappa shape index (κ2) is 9.31. The summed E-state index contributed by atoms with van der Waals surface area (Å²) in [6.07, 6.45) is 5.73. The molecular formula is C23H29NO2. The van der Waals surface area contributed by atoms with Crippen molar-refractivity contribution in [3.8, 4) is 17.6 Å². The Balaban J connectivity index is 1.84. The molecule has 1 aromatic heterocycles. The van der Waals surface area contributed by atoms with E-state index in [1.165, 1.54) is 5.56 Å². The molecule has 0 unspecified atom stereocenters. The Hall–Kier alpha value is -2.44. The molecule has 0 N–H and O–H groups in total. The van der Waals surface area contributed by atoms with Crippen molar-refractivity contribution >= 4 is 0 Å². The average Bonchev–Trinajstić information content (AvgIpc) is 2.97. The predicted octanol–water partition coefficient (Wildman–Crippen LogP) is 5.20. The molecule has 1 aromatic carbocycles.